The fraction of sp³-hybridized carbons (Fsp3) is 0.231. The molecule has 0 aliphatic heterocycles. The first-order valence-electron chi connectivity index (χ1n) is 5.89. The van der Waals surface area contributed by atoms with Crippen LogP contribution < -0.4 is 10.6 Å². The van der Waals surface area contributed by atoms with Gasteiger partial charge in [0.15, 0.2) is 11.6 Å². The molecule has 100 valence electrons. The van der Waals surface area contributed by atoms with Crippen LogP contribution >= 0.6 is 0 Å². The van der Waals surface area contributed by atoms with Crippen LogP contribution in [0.5, 0.6) is 0 Å². The van der Waals surface area contributed by atoms with E-state index in [1.165, 1.54) is 12.1 Å². The molecule has 0 aliphatic rings. The molecule has 2 N–H and O–H groups in total. The van der Waals surface area contributed by atoms with Crippen molar-refractivity contribution in [3.63, 3.8) is 0 Å². The largest absolute Gasteiger partial charge is 0.354 e. The van der Waals surface area contributed by atoms with Crippen LogP contribution in [0.15, 0.2) is 24.4 Å². The number of halogens is 2. The van der Waals surface area contributed by atoms with E-state index in [4.69, 9.17) is 0 Å². The smallest absolute Gasteiger partial charge is 0.224 e. The van der Waals surface area contributed by atoms with Gasteiger partial charge in [0, 0.05) is 12.2 Å². The summed E-state index contributed by atoms with van der Waals surface area (Å²) in [4.78, 5) is 7.78. The lowest BCUT2D eigenvalue weighted by Crippen LogP contribution is -2.06. The van der Waals surface area contributed by atoms with E-state index in [-0.39, 0.29) is 11.6 Å². The zero-order valence-electron chi connectivity index (χ0n) is 10.7. The maximum absolute atomic E-state index is 13.6. The molecule has 2 aromatic rings. The summed E-state index contributed by atoms with van der Waals surface area (Å²) >= 11 is 0. The Kier molecular flexibility index (Phi) is 3.89. The number of anilines is 3. The van der Waals surface area contributed by atoms with Crippen molar-refractivity contribution < 1.29 is 8.78 Å². The van der Waals surface area contributed by atoms with Crippen molar-refractivity contribution >= 4 is 17.5 Å². The van der Waals surface area contributed by atoms with Crippen LogP contribution in [0.2, 0.25) is 0 Å². The Bertz CT molecular complexity index is 567. The SMILES string of the molecule is CCNc1ncc(F)c(Nc2cc(C)cc(F)c2)n1. The third-order valence-electron chi connectivity index (χ3n) is 2.38. The van der Waals surface area contributed by atoms with E-state index in [2.05, 4.69) is 20.6 Å². The van der Waals surface area contributed by atoms with Gasteiger partial charge >= 0.3 is 0 Å². The monoisotopic (exact) mass is 264 g/mol. The van der Waals surface area contributed by atoms with E-state index in [9.17, 15) is 8.78 Å². The van der Waals surface area contributed by atoms with Crippen LogP contribution in [0.4, 0.5) is 26.2 Å². The zero-order chi connectivity index (χ0) is 13.8. The summed E-state index contributed by atoms with van der Waals surface area (Å²) in [7, 11) is 0. The van der Waals surface area contributed by atoms with E-state index in [0.717, 1.165) is 11.8 Å². The molecule has 0 aliphatic carbocycles. The van der Waals surface area contributed by atoms with Crippen LogP contribution in [0.1, 0.15) is 12.5 Å². The second kappa shape index (κ2) is 5.60. The number of nitrogens with zero attached hydrogens (tertiary/aromatic N) is 2. The minimum atomic E-state index is -0.594. The summed E-state index contributed by atoms with van der Waals surface area (Å²) in [6.07, 6.45) is 1.07. The van der Waals surface area contributed by atoms with Gasteiger partial charge < -0.3 is 10.6 Å². The van der Waals surface area contributed by atoms with Crippen molar-refractivity contribution in [2.45, 2.75) is 13.8 Å². The predicted octanol–water partition coefficient (Wildman–Crippen LogP) is 3.24. The van der Waals surface area contributed by atoms with Gasteiger partial charge in [0.2, 0.25) is 5.95 Å². The van der Waals surface area contributed by atoms with Gasteiger partial charge in [-0.25, -0.2) is 13.8 Å². The quantitative estimate of drug-likeness (QED) is 0.890. The molecule has 1 aromatic heterocycles. The van der Waals surface area contributed by atoms with Gasteiger partial charge in [0.1, 0.15) is 5.82 Å². The third kappa shape index (κ3) is 3.37. The molecule has 1 heterocycles. The highest BCUT2D eigenvalue weighted by Crippen LogP contribution is 2.20. The van der Waals surface area contributed by atoms with Crippen molar-refractivity contribution in [3.8, 4) is 0 Å². The lowest BCUT2D eigenvalue weighted by atomic mass is 10.2. The standard InChI is InChI=1S/C13H14F2N4/c1-3-16-13-17-7-11(15)12(19-13)18-10-5-8(2)4-9(14)6-10/h4-7H,3H2,1-2H3,(H2,16,17,18,19). The highest BCUT2D eigenvalue weighted by molar-refractivity contribution is 5.58. The summed E-state index contributed by atoms with van der Waals surface area (Å²) in [5, 5.41) is 5.63. The summed E-state index contributed by atoms with van der Waals surface area (Å²) < 4.78 is 26.8. The molecule has 0 saturated carbocycles. The average molecular weight is 264 g/mol. The summed E-state index contributed by atoms with van der Waals surface area (Å²) in [5.74, 6) is -0.650. The van der Waals surface area contributed by atoms with Gasteiger partial charge in [-0.2, -0.15) is 4.98 Å². The van der Waals surface area contributed by atoms with Crippen LogP contribution in [0, 0.1) is 18.6 Å². The van der Waals surface area contributed by atoms with Gasteiger partial charge in [0.25, 0.3) is 0 Å². The minimum Gasteiger partial charge on any atom is -0.354 e. The molecular formula is C13H14F2N4. The fourth-order valence-corrected chi connectivity index (χ4v) is 1.64. The second-order valence-electron chi connectivity index (χ2n) is 4.06. The number of benzene rings is 1. The first-order valence-corrected chi connectivity index (χ1v) is 5.89. The molecule has 4 nitrogen and oxygen atoms in total. The summed E-state index contributed by atoms with van der Waals surface area (Å²) in [5.41, 5.74) is 1.18. The van der Waals surface area contributed by atoms with E-state index in [0.29, 0.717) is 18.2 Å². The molecule has 0 amide bonds. The van der Waals surface area contributed by atoms with E-state index in [1.54, 1.807) is 13.0 Å². The van der Waals surface area contributed by atoms with E-state index >= 15 is 0 Å². The van der Waals surface area contributed by atoms with Crippen LogP contribution in [0.3, 0.4) is 0 Å². The van der Waals surface area contributed by atoms with Crippen molar-refractivity contribution in [1.82, 2.24) is 9.97 Å². The van der Waals surface area contributed by atoms with Crippen LogP contribution in [-0.4, -0.2) is 16.5 Å². The topological polar surface area (TPSA) is 49.8 Å². The Morgan fingerprint density at radius 2 is 2.00 bits per heavy atom. The van der Waals surface area contributed by atoms with Gasteiger partial charge in [-0.1, -0.05) is 0 Å². The number of nitrogens with one attached hydrogen (secondary N) is 2. The van der Waals surface area contributed by atoms with Gasteiger partial charge in [-0.05, 0) is 37.6 Å². The molecule has 0 unspecified atom stereocenters. The number of hydrogen-bond acceptors (Lipinski definition) is 4. The molecule has 0 spiro atoms. The van der Waals surface area contributed by atoms with Crippen LogP contribution in [-0.2, 0) is 0 Å². The lowest BCUT2D eigenvalue weighted by molar-refractivity contribution is 0.618. The number of aryl methyl sites for hydroxylation is 1. The molecule has 0 bridgehead atoms. The highest BCUT2D eigenvalue weighted by Gasteiger charge is 2.08. The molecule has 0 fully saturated rings. The zero-order valence-corrected chi connectivity index (χ0v) is 10.7. The van der Waals surface area contributed by atoms with Crippen molar-refractivity contribution in [2.75, 3.05) is 17.2 Å². The molecule has 2 rings (SSSR count). The number of hydrogen-bond donors (Lipinski definition) is 2. The highest BCUT2D eigenvalue weighted by atomic mass is 19.1. The molecule has 6 heteroatoms. The Labute approximate surface area is 109 Å². The third-order valence-corrected chi connectivity index (χ3v) is 2.38. The Balaban J connectivity index is 2.28. The summed E-state index contributed by atoms with van der Waals surface area (Å²) in [6, 6.07) is 4.38. The van der Waals surface area contributed by atoms with E-state index in [1.807, 2.05) is 6.92 Å². The second-order valence-corrected chi connectivity index (χ2v) is 4.06. The Hall–Kier alpha value is -2.24. The Morgan fingerprint density at radius 3 is 2.68 bits per heavy atom. The summed E-state index contributed by atoms with van der Waals surface area (Å²) in [6.45, 7) is 4.27. The average Bonchev–Trinajstić information content (AvgIpc) is 2.32. The molecule has 19 heavy (non-hydrogen) atoms. The maximum atomic E-state index is 13.6. The van der Waals surface area contributed by atoms with E-state index < -0.39 is 5.82 Å². The normalized spacial score (nSPS) is 10.3. The van der Waals surface area contributed by atoms with Crippen molar-refractivity contribution in [2.24, 2.45) is 0 Å². The lowest BCUT2D eigenvalue weighted by Gasteiger charge is -2.09. The number of aromatic nitrogens is 2. The fourth-order valence-electron chi connectivity index (χ4n) is 1.64. The van der Waals surface area contributed by atoms with Gasteiger partial charge in [-0.15, -0.1) is 0 Å². The first kappa shape index (κ1) is 13.2. The van der Waals surface area contributed by atoms with Gasteiger partial charge in [-0.3, -0.25) is 0 Å². The van der Waals surface area contributed by atoms with Crippen LogP contribution in [0.25, 0.3) is 0 Å². The number of rotatable bonds is 4. The maximum Gasteiger partial charge on any atom is 0.224 e. The molecule has 0 saturated heterocycles. The Morgan fingerprint density at radius 1 is 1.21 bits per heavy atom. The first-order chi connectivity index (χ1) is 9.08. The van der Waals surface area contributed by atoms with Crippen molar-refractivity contribution in [1.29, 1.82) is 0 Å². The van der Waals surface area contributed by atoms with Gasteiger partial charge in [0.05, 0.1) is 6.20 Å². The van der Waals surface area contributed by atoms with Crippen molar-refractivity contribution in [3.05, 3.63) is 41.6 Å². The predicted molar refractivity (Wildman–Crippen MR) is 70.6 cm³/mol. The molecule has 1 aromatic carbocycles. The minimum absolute atomic E-state index is 0.0101. The molecular weight excluding hydrogens is 250 g/mol. The molecule has 0 radical (unpaired) electrons. The molecule has 0 atom stereocenters.